The number of carboxylic acid groups (broad SMARTS) is 3. The predicted molar refractivity (Wildman–Crippen MR) is 481 cm³/mol. The van der Waals surface area contributed by atoms with Crippen LogP contribution in [-0.2, 0) is 57.3 Å². The van der Waals surface area contributed by atoms with Gasteiger partial charge in [0.1, 0.15) is 5.92 Å². The fraction of sp³-hybridized carbons (Fsp3) is 0.590. The first-order valence-corrected chi connectivity index (χ1v) is 43.2. The lowest BCUT2D eigenvalue weighted by molar-refractivity contribution is -0.150. The highest BCUT2D eigenvalue weighted by Gasteiger charge is 2.46. The number of carboxylic acids is 3. The second-order valence-corrected chi connectivity index (χ2v) is 32.7. The third-order valence-corrected chi connectivity index (χ3v) is 23.2. The van der Waals surface area contributed by atoms with Gasteiger partial charge in [0.15, 0.2) is 5.78 Å². The van der Waals surface area contributed by atoms with Crippen LogP contribution in [0.2, 0.25) is 47.8 Å². The molecule has 11 rings (SSSR count). The van der Waals surface area contributed by atoms with Gasteiger partial charge in [-0.25, -0.2) is 4.79 Å². The Kier molecular flexibility index (Phi) is 53.6. The number of Topliss-reactive ketones (excluding diaryl/α,β-unsaturated/α-hetero) is 1. The molecule has 0 radical (unpaired) electrons. The molecule has 0 amide bonds. The van der Waals surface area contributed by atoms with Crippen LogP contribution in [0.4, 0.5) is 0 Å². The van der Waals surface area contributed by atoms with Crippen LogP contribution < -0.4 is 64.2 Å². The second kappa shape index (κ2) is 58.7. The Bertz CT molecular complexity index is 3810. The first kappa shape index (κ1) is 116. The number of carbonyl (C=O) groups is 8. The Morgan fingerprint density at radius 1 is 0.378 bits per heavy atom. The molecule has 7 aliphatic heterocycles. The molecule has 34 nitrogen and oxygen atoms in total. The van der Waals surface area contributed by atoms with Crippen LogP contribution >= 0.6 is 0 Å². The minimum Gasteiger partial charge on any atom is -1.00 e. The molecular formula is C83H135B7Cl3N12O22-3. The molecule has 7 aliphatic rings. The molecule has 0 aromatic heterocycles. The lowest BCUT2D eigenvalue weighted by Crippen LogP contribution is -3.00. The number of ketones is 1. The Hall–Kier alpha value is -7.02. The van der Waals surface area contributed by atoms with Gasteiger partial charge in [0.25, 0.3) is 0 Å². The van der Waals surface area contributed by atoms with Crippen molar-refractivity contribution in [2.24, 2.45) is 47.2 Å². The Morgan fingerprint density at radius 3 is 0.976 bits per heavy atom. The summed E-state index contributed by atoms with van der Waals surface area (Å²) in [7, 11) is -4.17. The fourth-order valence-corrected chi connectivity index (χ4v) is 15.7. The average molecular weight is 1840 g/mol. The van der Waals surface area contributed by atoms with E-state index in [1.165, 1.54) is 11.1 Å². The number of hydrogen-bond acceptors (Lipinski definition) is 31. The lowest BCUT2D eigenvalue weighted by atomic mass is 9.85. The topological polar surface area (TPSA) is 473 Å². The normalized spacial score (nSPS) is 23.1. The maximum Gasteiger partial charge on any atom is 0.377 e. The number of ether oxygens (including phenoxy) is 4. The summed E-state index contributed by atoms with van der Waals surface area (Å²) in [5.41, 5.74) is 11.6. The van der Waals surface area contributed by atoms with E-state index < -0.39 is 91.0 Å². The van der Waals surface area contributed by atoms with Crippen molar-refractivity contribution in [3.8, 4) is 0 Å². The largest absolute Gasteiger partial charge is 1.00 e. The SMILES string of the molecule is CB(O)N1C[C@@H](C)[C@H](C(=O)O)C1.CB(O)N1C[C@@H](N)[C@H](C(=O)O)C1.CB(O)N1C[C@@H](N[C@H](C)c2ccccc2)[C@H](C(=O)O)C1.CCOC(=O)C1=C(N[C@H](C)c2ccccc2)CN(B(C)O)C1.CCOC(=O)C1CN(B(C)O)CC1=O.CCOC(=O)[C@@H]1CN(B(C)O)C[C@H]1N[C@H](C)c1ccccc1.CCOC(=O)[C@@H]1CN(B(C)O)C[C@H]1N[C@H](C)c1ccccc1.[Cl-].[Cl-].[Cl-]. The van der Waals surface area contributed by atoms with Crippen molar-refractivity contribution in [3.05, 3.63) is 155 Å². The number of rotatable bonds is 30. The molecule has 704 valence electrons. The summed E-state index contributed by atoms with van der Waals surface area (Å²) >= 11 is 0. The van der Waals surface area contributed by atoms with E-state index in [0.29, 0.717) is 104 Å². The quantitative estimate of drug-likeness (QED) is 0.00999. The highest BCUT2D eigenvalue weighted by atomic mass is 35.5. The third-order valence-electron chi connectivity index (χ3n) is 23.2. The molecule has 0 aliphatic carbocycles. The predicted octanol–water partition coefficient (Wildman–Crippen LogP) is -6.60. The highest BCUT2D eigenvalue weighted by molar-refractivity contribution is 6.47. The van der Waals surface area contributed by atoms with Crippen LogP contribution in [0.5, 0.6) is 0 Å². The summed E-state index contributed by atoms with van der Waals surface area (Å²) in [4.78, 5) is 104. The van der Waals surface area contributed by atoms with Gasteiger partial charge in [-0.2, -0.15) is 0 Å². The third kappa shape index (κ3) is 37.3. The van der Waals surface area contributed by atoms with Crippen molar-refractivity contribution in [2.45, 2.75) is 158 Å². The summed E-state index contributed by atoms with van der Waals surface area (Å²) in [5.74, 6) is -6.24. The summed E-state index contributed by atoms with van der Waals surface area (Å²) < 4.78 is 20.3. The minimum absolute atomic E-state index is 0. The van der Waals surface area contributed by atoms with E-state index in [4.69, 9.17) is 39.9 Å². The van der Waals surface area contributed by atoms with Gasteiger partial charge in [-0.1, -0.05) is 128 Å². The monoisotopic (exact) mass is 1830 g/mol. The molecule has 127 heavy (non-hydrogen) atoms. The van der Waals surface area contributed by atoms with E-state index in [0.717, 1.165) is 16.8 Å². The summed E-state index contributed by atoms with van der Waals surface area (Å²) in [6.07, 6.45) is 0. The maximum absolute atomic E-state index is 12.2. The summed E-state index contributed by atoms with van der Waals surface area (Å²) in [6, 6.07) is 40.1. The van der Waals surface area contributed by atoms with Crippen molar-refractivity contribution in [1.29, 1.82) is 0 Å². The van der Waals surface area contributed by atoms with E-state index in [-0.39, 0.29) is 153 Å². The fourth-order valence-electron chi connectivity index (χ4n) is 15.7. The molecule has 4 aromatic carbocycles. The summed E-state index contributed by atoms with van der Waals surface area (Å²) in [5, 5.41) is 107. The van der Waals surface area contributed by atoms with Crippen LogP contribution in [0, 0.1) is 41.4 Å². The number of nitrogens with two attached hydrogens (primary N) is 1. The number of halogens is 3. The molecule has 44 heteroatoms. The van der Waals surface area contributed by atoms with E-state index >= 15 is 0 Å². The van der Waals surface area contributed by atoms with Crippen LogP contribution in [0.1, 0.15) is 109 Å². The Morgan fingerprint density at radius 2 is 0.677 bits per heavy atom. The van der Waals surface area contributed by atoms with E-state index in [9.17, 15) is 73.6 Å². The first-order chi connectivity index (χ1) is 58.7. The zero-order valence-electron chi connectivity index (χ0n) is 76.2. The Balaban J connectivity index is 0.000000506. The standard InChI is InChI=1S/2C16H25BN2O3.C16H23BN2O3.C14H21BN2O3.C8H14BNO4.C7H14BNO3.C6H13BN2O3.3ClH/c3*1-4-22-16(20)14-10-19(17(3)21)11-15(14)18-12(2)13-8-6-5-7-9-13;1-10(11-6-4-3-5-7-11)16-13-9-17(15(2)20)8-12(13)14(18)19;1-3-14-8(12)6-4-10(9(2)13)5-7(6)11;1-5-3-9(8(2)12)4-6(5)7(10)11;1-7(12)9-2-4(6(10)11)5(8)3-9;;;/h2*5-9,12,14-15,18,21H,4,10-11H2,1-3H3;5-9,12,18,21H,4,10-11H2,1-3H3;3-7,10,12-13,16,20H,8-9H2,1-2H3,(H,18,19);6,13H,3-5H2,1-2H3;5-6,12H,3-4H2,1-2H3,(H,10,11);4-5,12H,2-3,8H2,1H3,(H,10,11);3*1H/p-3/t2*12-,14-,15-;12-;10-,12-,13-;;5-,6-;4-,5-;;;/m1111.11.../s1. The van der Waals surface area contributed by atoms with E-state index in [1.807, 2.05) is 139 Å². The number of benzene rings is 4. The summed E-state index contributed by atoms with van der Waals surface area (Å²) in [6.45, 7) is 36.8. The van der Waals surface area contributed by atoms with Gasteiger partial charge in [0.05, 0.1) is 68.1 Å². The first-order valence-electron chi connectivity index (χ1n) is 43.2. The molecule has 0 saturated carbocycles. The van der Waals surface area contributed by atoms with Crippen LogP contribution in [0.25, 0.3) is 0 Å². The zero-order chi connectivity index (χ0) is 92.4. The van der Waals surface area contributed by atoms with Crippen LogP contribution in [0.3, 0.4) is 0 Å². The number of aliphatic carboxylic acids is 3. The molecule has 6 saturated heterocycles. The molecule has 0 bridgehead atoms. The molecule has 6 fully saturated rings. The van der Waals surface area contributed by atoms with Crippen LogP contribution in [-0.4, -0.2) is 323 Å². The molecule has 4 aromatic rings. The highest BCUT2D eigenvalue weighted by Crippen LogP contribution is 2.29. The van der Waals surface area contributed by atoms with Crippen molar-refractivity contribution >= 4 is 96.9 Å². The molecule has 1 unspecified atom stereocenters. The molecular weight excluding hydrogens is 1700 g/mol. The van der Waals surface area contributed by atoms with Gasteiger partial charge in [-0.15, -0.1) is 0 Å². The molecule has 0 spiro atoms. The number of esters is 4. The zero-order valence-corrected chi connectivity index (χ0v) is 78.5. The number of nitrogens with zero attached hydrogens (tertiary/aromatic N) is 7. The minimum atomic E-state index is -0.884. The maximum atomic E-state index is 12.2. The van der Waals surface area contributed by atoms with E-state index in [1.54, 1.807) is 80.9 Å². The molecule has 15 atom stereocenters. The second-order valence-electron chi connectivity index (χ2n) is 32.7. The molecule has 16 N–H and O–H groups in total. The van der Waals surface area contributed by atoms with Crippen molar-refractivity contribution in [1.82, 2.24) is 54.9 Å². The van der Waals surface area contributed by atoms with Gasteiger partial charge in [0.2, 0.25) is 0 Å². The van der Waals surface area contributed by atoms with Crippen molar-refractivity contribution in [2.75, 3.05) is 118 Å². The van der Waals surface area contributed by atoms with Gasteiger partial charge >= 0.3 is 91.1 Å². The number of hydrogen-bond donors (Lipinski definition) is 15. The van der Waals surface area contributed by atoms with Gasteiger partial charge in [-0.05, 0) is 138 Å². The van der Waals surface area contributed by atoms with Gasteiger partial charge in [-0.3, -0.25) is 33.6 Å². The van der Waals surface area contributed by atoms with Crippen molar-refractivity contribution in [3.63, 3.8) is 0 Å². The lowest BCUT2D eigenvalue weighted by Gasteiger charge is -2.23. The number of nitrogens with one attached hydrogen (secondary N) is 4. The number of carbonyl (C=O) groups excluding carboxylic acids is 5. The Labute approximate surface area is 771 Å². The van der Waals surface area contributed by atoms with Gasteiger partial charge < -0.3 is 167 Å². The van der Waals surface area contributed by atoms with E-state index in [2.05, 4.69) is 66.3 Å². The average Bonchev–Trinajstić information content (AvgIpc) is 1.70. The van der Waals surface area contributed by atoms with Crippen LogP contribution in [0.15, 0.2) is 133 Å². The van der Waals surface area contributed by atoms with Gasteiger partial charge in [0, 0.05) is 133 Å². The van der Waals surface area contributed by atoms with Crippen molar-refractivity contribution < 1.29 is 145 Å². The smallest absolute Gasteiger partial charge is 0.377 e. The molecule has 7 heterocycles.